The summed E-state index contributed by atoms with van der Waals surface area (Å²) in [5, 5.41) is 7.51. The Balaban J connectivity index is 1.67. The molecule has 130 valence electrons. The van der Waals surface area contributed by atoms with E-state index in [4.69, 9.17) is 4.52 Å². The number of nitrogens with zero attached hydrogens (tertiary/aromatic N) is 1. The average Bonchev–Trinajstić information content (AvgIpc) is 2.96. The van der Waals surface area contributed by atoms with Gasteiger partial charge in [0.25, 0.3) is 0 Å². The molecule has 0 amide bonds. The third-order valence-electron chi connectivity index (χ3n) is 4.27. The largest absolute Gasteiger partial charge is 0.380 e. The Hall–Kier alpha value is -2.14. The normalized spacial score (nSPS) is 12.2. The lowest BCUT2D eigenvalue weighted by Gasteiger charge is -2.13. The third kappa shape index (κ3) is 4.28. The molecule has 1 heterocycles. The fraction of sp³-hybridized carbons (Fsp3) is 0.250. The van der Waals surface area contributed by atoms with Crippen LogP contribution in [0, 0.1) is 12.7 Å². The highest BCUT2D eigenvalue weighted by Gasteiger charge is 2.15. The van der Waals surface area contributed by atoms with E-state index in [1.807, 2.05) is 37.3 Å². The van der Waals surface area contributed by atoms with Crippen LogP contribution in [0.15, 0.2) is 57.5 Å². The molecule has 0 saturated carbocycles. The molecule has 0 spiro atoms. The molecule has 1 N–H and O–H groups in total. The standard InChI is InChI=1S/C20H20BrFN2O/c1-13(16-4-3-5-18(22)12-16)10-11-23-19-14(2)24-25-20(19)15-6-8-17(21)9-7-15/h3-9,12-13,23H,10-11H2,1-2H3. The maximum absolute atomic E-state index is 13.4. The second kappa shape index (κ2) is 7.83. The number of aromatic nitrogens is 1. The summed E-state index contributed by atoms with van der Waals surface area (Å²) in [5.74, 6) is 0.813. The van der Waals surface area contributed by atoms with Crippen LogP contribution in [0.4, 0.5) is 10.1 Å². The quantitative estimate of drug-likeness (QED) is 0.536. The number of aryl methyl sites for hydroxylation is 1. The number of rotatable bonds is 6. The van der Waals surface area contributed by atoms with Gasteiger partial charge in [-0.15, -0.1) is 0 Å². The molecule has 5 heteroatoms. The van der Waals surface area contributed by atoms with Crippen LogP contribution >= 0.6 is 15.9 Å². The van der Waals surface area contributed by atoms with Crippen LogP contribution in [0.2, 0.25) is 0 Å². The van der Waals surface area contributed by atoms with E-state index in [9.17, 15) is 4.39 Å². The van der Waals surface area contributed by atoms with Crippen LogP contribution in [0.5, 0.6) is 0 Å². The van der Waals surface area contributed by atoms with Crippen molar-refractivity contribution in [2.24, 2.45) is 0 Å². The van der Waals surface area contributed by atoms with Crippen LogP contribution < -0.4 is 5.32 Å². The third-order valence-corrected chi connectivity index (χ3v) is 4.79. The second-order valence-corrected chi connectivity index (χ2v) is 7.07. The van der Waals surface area contributed by atoms with Gasteiger partial charge in [0.15, 0.2) is 5.76 Å². The van der Waals surface area contributed by atoms with Gasteiger partial charge in [0.05, 0.1) is 0 Å². The maximum atomic E-state index is 13.4. The molecule has 1 unspecified atom stereocenters. The smallest absolute Gasteiger partial charge is 0.190 e. The van der Waals surface area contributed by atoms with Crippen molar-refractivity contribution in [3.05, 3.63) is 70.1 Å². The van der Waals surface area contributed by atoms with Crippen molar-refractivity contribution >= 4 is 21.6 Å². The minimum Gasteiger partial charge on any atom is -0.380 e. The Bertz CT molecular complexity index is 845. The molecule has 0 aliphatic rings. The molecule has 0 aliphatic carbocycles. The molecule has 1 atom stereocenters. The van der Waals surface area contributed by atoms with Crippen molar-refractivity contribution in [2.75, 3.05) is 11.9 Å². The van der Waals surface area contributed by atoms with E-state index in [2.05, 4.69) is 33.3 Å². The summed E-state index contributed by atoms with van der Waals surface area (Å²) in [7, 11) is 0. The van der Waals surface area contributed by atoms with Gasteiger partial charge >= 0.3 is 0 Å². The molecule has 0 aliphatic heterocycles. The first-order valence-electron chi connectivity index (χ1n) is 8.26. The van der Waals surface area contributed by atoms with Gasteiger partial charge in [-0.25, -0.2) is 4.39 Å². The maximum Gasteiger partial charge on any atom is 0.190 e. The molecule has 3 aromatic rings. The van der Waals surface area contributed by atoms with Crippen LogP contribution in [0.25, 0.3) is 11.3 Å². The predicted molar refractivity (Wildman–Crippen MR) is 102 cm³/mol. The van der Waals surface area contributed by atoms with Gasteiger partial charge in [-0.3, -0.25) is 0 Å². The monoisotopic (exact) mass is 402 g/mol. The summed E-state index contributed by atoms with van der Waals surface area (Å²) in [5.41, 5.74) is 3.73. The van der Waals surface area contributed by atoms with Gasteiger partial charge in [-0.05, 0) is 61.2 Å². The number of benzene rings is 2. The molecule has 0 fully saturated rings. The van der Waals surface area contributed by atoms with Crippen LogP contribution in [-0.2, 0) is 0 Å². The van der Waals surface area contributed by atoms with Crippen molar-refractivity contribution in [1.82, 2.24) is 5.16 Å². The van der Waals surface area contributed by atoms with E-state index >= 15 is 0 Å². The summed E-state index contributed by atoms with van der Waals surface area (Å²) >= 11 is 3.44. The SMILES string of the molecule is Cc1noc(-c2ccc(Br)cc2)c1NCCC(C)c1cccc(F)c1. The van der Waals surface area contributed by atoms with Gasteiger partial charge in [0, 0.05) is 16.6 Å². The molecule has 0 bridgehead atoms. The molecular formula is C20H20BrFN2O. The molecule has 0 radical (unpaired) electrons. The molecular weight excluding hydrogens is 383 g/mol. The zero-order valence-electron chi connectivity index (χ0n) is 14.2. The highest BCUT2D eigenvalue weighted by atomic mass is 79.9. The minimum atomic E-state index is -0.190. The van der Waals surface area contributed by atoms with Gasteiger partial charge in [0.2, 0.25) is 0 Å². The predicted octanol–water partition coefficient (Wildman–Crippen LogP) is 6.16. The van der Waals surface area contributed by atoms with E-state index < -0.39 is 0 Å². The van der Waals surface area contributed by atoms with Crippen LogP contribution in [0.3, 0.4) is 0 Å². The molecule has 1 aromatic heterocycles. The molecule has 2 aromatic carbocycles. The highest BCUT2D eigenvalue weighted by molar-refractivity contribution is 9.10. The van der Waals surface area contributed by atoms with E-state index in [1.54, 1.807) is 12.1 Å². The van der Waals surface area contributed by atoms with Crippen LogP contribution in [0.1, 0.15) is 30.5 Å². The van der Waals surface area contributed by atoms with Gasteiger partial charge in [-0.2, -0.15) is 0 Å². The zero-order valence-corrected chi connectivity index (χ0v) is 15.8. The van der Waals surface area contributed by atoms with Crippen molar-refractivity contribution in [1.29, 1.82) is 0 Å². The van der Waals surface area contributed by atoms with E-state index in [0.29, 0.717) is 0 Å². The Morgan fingerprint density at radius 1 is 1.20 bits per heavy atom. The number of anilines is 1. The number of nitrogens with one attached hydrogen (secondary N) is 1. The van der Waals surface area contributed by atoms with Crippen molar-refractivity contribution in [3.63, 3.8) is 0 Å². The first-order valence-corrected chi connectivity index (χ1v) is 9.05. The zero-order chi connectivity index (χ0) is 17.8. The lowest BCUT2D eigenvalue weighted by molar-refractivity contribution is 0.427. The Morgan fingerprint density at radius 2 is 1.96 bits per heavy atom. The first kappa shape index (κ1) is 17.7. The Labute approximate surface area is 155 Å². The molecule has 25 heavy (non-hydrogen) atoms. The topological polar surface area (TPSA) is 38.1 Å². The number of hydrogen-bond acceptors (Lipinski definition) is 3. The highest BCUT2D eigenvalue weighted by Crippen LogP contribution is 2.32. The van der Waals surface area contributed by atoms with E-state index in [-0.39, 0.29) is 11.7 Å². The summed E-state index contributed by atoms with van der Waals surface area (Å²) < 4.78 is 19.9. The fourth-order valence-electron chi connectivity index (χ4n) is 2.77. The summed E-state index contributed by atoms with van der Waals surface area (Å²) in [6.45, 7) is 4.78. The van der Waals surface area contributed by atoms with Gasteiger partial charge in [-0.1, -0.05) is 40.1 Å². The minimum absolute atomic E-state index is 0.190. The van der Waals surface area contributed by atoms with E-state index in [0.717, 1.165) is 45.7 Å². The van der Waals surface area contributed by atoms with Gasteiger partial charge < -0.3 is 9.84 Å². The number of halogens is 2. The fourth-order valence-corrected chi connectivity index (χ4v) is 3.03. The molecule has 0 saturated heterocycles. The van der Waals surface area contributed by atoms with Crippen molar-refractivity contribution in [3.8, 4) is 11.3 Å². The average molecular weight is 403 g/mol. The van der Waals surface area contributed by atoms with Crippen molar-refractivity contribution < 1.29 is 8.91 Å². The van der Waals surface area contributed by atoms with Crippen molar-refractivity contribution in [2.45, 2.75) is 26.2 Å². The lowest BCUT2D eigenvalue weighted by atomic mass is 9.98. The first-order chi connectivity index (χ1) is 12.0. The number of hydrogen-bond donors (Lipinski definition) is 1. The lowest BCUT2D eigenvalue weighted by Crippen LogP contribution is -2.07. The molecule has 3 rings (SSSR count). The summed E-state index contributed by atoms with van der Waals surface area (Å²) in [4.78, 5) is 0. The Kier molecular flexibility index (Phi) is 5.53. The summed E-state index contributed by atoms with van der Waals surface area (Å²) in [6, 6.07) is 14.7. The summed E-state index contributed by atoms with van der Waals surface area (Å²) in [6.07, 6.45) is 0.883. The van der Waals surface area contributed by atoms with E-state index in [1.165, 1.54) is 6.07 Å². The van der Waals surface area contributed by atoms with Gasteiger partial charge in [0.1, 0.15) is 17.2 Å². The molecule has 3 nitrogen and oxygen atoms in total. The second-order valence-electron chi connectivity index (χ2n) is 6.15. The van der Waals surface area contributed by atoms with Crippen LogP contribution in [-0.4, -0.2) is 11.7 Å². The Morgan fingerprint density at radius 3 is 2.68 bits per heavy atom.